The fourth-order valence-electron chi connectivity index (χ4n) is 1.16. The van der Waals surface area contributed by atoms with Crippen molar-refractivity contribution in [3.63, 3.8) is 0 Å². The highest BCUT2D eigenvalue weighted by Gasteiger charge is 2.08. The van der Waals surface area contributed by atoms with Gasteiger partial charge in [0.05, 0.1) is 15.9 Å². The summed E-state index contributed by atoms with van der Waals surface area (Å²) < 4.78 is 2.97. The van der Waals surface area contributed by atoms with E-state index in [0.717, 1.165) is 23.3 Å². The molecule has 0 aliphatic rings. The molecule has 1 aromatic rings. The van der Waals surface area contributed by atoms with Crippen LogP contribution >= 0.6 is 15.9 Å². The van der Waals surface area contributed by atoms with Crippen LogP contribution in [0.2, 0.25) is 0 Å². The molecular weight excluding hydrogens is 230 g/mol. The highest BCUT2D eigenvalue weighted by atomic mass is 79.9. The molecule has 3 nitrogen and oxygen atoms in total. The summed E-state index contributed by atoms with van der Waals surface area (Å²) in [5.41, 5.74) is 2.19. The highest BCUT2D eigenvalue weighted by molar-refractivity contribution is 9.10. The number of hydrogen-bond acceptors (Lipinski definition) is 2. The Morgan fingerprint density at radius 1 is 1.69 bits per heavy atom. The molecule has 4 heteroatoms. The summed E-state index contributed by atoms with van der Waals surface area (Å²) in [7, 11) is 1.95. The minimum absolute atomic E-state index is 0.809. The standard InChI is InChI=1S/C9H14BrN3/c1-4-5-11-6-8-9(10)7(2)12-13(8)3/h4,11H,1,5-6H2,2-3H3. The largest absolute Gasteiger partial charge is 0.308 e. The van der Waals surface area contributed by atoms with E-state index in [1.165, 1.54) is 5.69 Å². The molecule has 0 spiro atoms. The van der Waals surface area contributed by atoms with Crippen LogP contribution in [0.25, 0.3) is 0 Å². The maximum absolute atomic E-state index is 4.29. The lowest BCUT2D eigenvalue weighted by Gasteiger charge is -2.02. The van der Waals surface area contributed by atoms with Crippen molar-refractivity contribution < 1.29 is 0 Å². The number of nitrogens with zero attached hydrogens (tertiary/aromatic N) is 2. The first-order valence-electron chi connectivity index (χ1n) is 4.16. The van der Waals surface area contributed by atoms with Gasteiger partial charge in [-0.3, -0.25) is 4.68 Å². The molecule has 0 bridgehead atoms. The molecule has 0 aliphatic carbocycles. The van der Waals surface area contributed by atoms with Crippen molar-refractivity contribution in [3.05, 3.63) is 28.5 Å². The van der Waals surface area contributed by atoms with E-state index in [0.29, 0.717) is 0 Å². The highest BCUT2D eigenvalue weighted by Crippen LogP contribution is 2.19. The lowest BCUT2D eigenvalue weighted by molar-refractivity contribution is 0.651. The van der Waals surface area contributed by atoms with Crippen molar-refractivity contribution in [2.45, 2.75) is 13.5 Å². The molecular formula is C9H14BrN3. The molecule has 1 heterocycles. The summed E-state index contributed by atoms with van der Waals surface area (Å²) in [6.45, 7) is 7.26. The molecule has 0 radical (unpaired) electrons. The minimum atomic E-state index is 0.809. The van der Waals surface area contributed by atoms with Gasteiger partial charge in [0.2, 0.25) is 0 Å². The first kappa shape index (κ1) is 10.5. The molecule has 0 fully saturated rings. The van der Waals surface area contributed by atoms with Crippen LogP contribution in [-0.2, 0) is 13.6 Å². The Kier molecular flexibility index (Phi) is 3.69. The summed E-state index contributed by atoms with van der Waals surface area (Å²) in [5, 5.41) is 7.53. The molecule has 0 aromatic carbocycles. The first-order chi connectivity index (χ1) is 6.16. The molecule has 0 saturated heterocycles. The van der Waals surface area contributed by atoms with Crippen molar-refractivity contribution in [1.82, 2.24) is 15.1 Å². The normalized spacial score (nSPS) is 10.4. The molecule has 1 N–H and O–H groups in total. The van der Waals surface area contributed by atoms with Crippen molar-refractivity contribution in [2.75, 3.05) is 6.54 Å². The third-order valence-electron chi connectivity index (χ3n) is 1.84. The maximum atomic E-state index is 4.29. The zero-order chi connectivity index (χ0) is 9.84. The minimum Gasteiger partial charge on any atom is -0.308 e. The Labute approximate surface area is 87.0 Å². The van der Waals surface area contributed by atoms with Crippen LogP contribution in [0.15, 0.2) is 17.1 Å². The lowest BCUT2D eigenvalue weighted by Crippen LogP contribution is -2.15. The van der Waals surface area contributed by atoms with E-state index in [2.05, 4.69) is 32.9 Å². The average molecular weight is 244 g/mol. The second-order valence-corrected chi connectivity index (χ2v) is 3.68. The van der Waals surface area contributed by atoms with Gasteiger partial charge in [-0.15, -0.1) is 6.58 Å². The topological polar surface area (TPSA) is 29.9 Å². The third kappa shape index (κ3) is 2.42. The van der Waals surface area contributed by atoms with Gasteiger partial charge in [0, 0.05) is 20.1 Å². The molecule has 1 rings (SSSR count). The van der Waals surface area contributed by atoms with E-state index in [1.807, 2.05) is 24.7 Å². The van der Waals surface area contributed by atoms with Crippen LogP contribution in [0, 0.1) is 6.92 Å². The summed E-state index contributed by atoms with van der Waals surface area (Å²) in [4.78, 5) is 0. The third-order valence-corrected chi connectivity index (χ3v) is 2.87. The van der Waals surface area contributed by atoms with E-state index in [4.69, 9.17) is 0 Å². The molecule has 0 unspecified atom stereocenters. The monoisotopic (exact) mass is 243 g/mol. The van der Waals surface area contributed by atoms with Crippen LogP contribution < -0.4 is 5.32 Å². The second-order valence-electron chi connectivity index (χ2n) is 2.89. The summed E-state index contributed by atoms with van der Waals surface area (Å²) in [6.07, 6.45) is 1.84. The predicted molar refractivity (Wildman–Crippen MR) is 57.5 cm³/mol. The summed E-state index contributed by atoms with van der Waals surface area (Å²) in [6, 6.07) is 0. The van der Waals surface area contributed by atoms with E-state index in [9.17, 15) is 0 Å². The van der Waals surface area contributed by atoms with Crippen molar-refractivity contribution >= 4 is 15.9 Å². The van der Waals surface area contributed by atoms with Crippen LogP contribution in [0.1, 0.15) is 11.4 Å². The predicted octanol–water partition coefficient (Wildman–Crippen LogP) is 1.77. The van der Waals surface area contributed by atoms with E-state index in [1.54, 1.807) is 0 Å². The molecule has 0 atom stereocenters. The fraction of sp³-hybridized carbons (Fsp3) is 0.444. The van der Waals surface area contributed by atoms with Gasteiger partial charge in [0.25, 0.3) is 0 Å². The lowest BCUT2D eigenvalue weighted by atomic mass is 10.3. The number of nitrogens with one attached hydrogen (secondary N) is 1. The number of aryl methyl sites for hydroxylation is 2. The smallest absolute Gasteiger partial charge is 0.0739 e. The Bertz CT molecular complexity index is 304. The van der Waals surface area contributed by atoms with Crippen LogP contribution in [0.4, 0.5) is 0 Å². The van der Waals surface area contributed by atoms with E-state index < -0.39 is 0 Å². The number of halogens is 1. The molecule has 1 aromatic heterocycles. The second kappa shape index (κ2) is 4.58. The van der Waals surface area contributed by atoms with Crippen molar-refractivity contribution in [2.24, 2.45) is 7.05 Å². The molecule has 0 amide bonds. The average Bonchev–Trinajstić information content (AvgIpc) is 2.32. The first-order valence-corrected chi connectivity index (χ1v) is 4.95. The Balaban J connectivity index is 2.69. The molecule has 72 valence electrons. The van der Waals surface area contributed by atoms with Crippen molar-refractivity contribution in [1.29, 1.82) is 0 Å². The summed E-state index contributed by atoms with van der Waals surface area (Å²) in [5.74, 6) is 0. The number of rotatable bonds is 4. The van der Waals surface area contributed by atoms with Gasteiger partial charge in [0.1, 0.15) is 0 Å². The van der Waals surface area contributed by atoms with Crippen molar-refractivity contribution in [3.8, 4) is 0 Å². The van der Waals surface area contributed by atoms with Gasteiger partial charge in [-0.1, -0.05) is 6.08 Å². The van der Waals surface area contributed by atoms with Gasteiger partial charge in [-0.2, -0.15) is 5.10 Å². The van der Waals surface area contributed by atoms with Crippen LogP contribution in [-0.4, -0.2) is 16.3 Å². The summed E-state index contributed by atoms with van der Waals surface area (Å²) >= 11 is 3.50. The zero-order valence-electron chi connectivity index (χ0n) is 7.97. The quantitative estimate of drug-likeness (QED) is 0.646. The Hall–Kier alpha value is -0.610. The van der Waals surface area contributed by atoms with Gasteiger partial charge in [-0.05, 0) is 22.9 Å². The fourth-order valence-corrected chi connectivity index (χ4v) is 1.64. The SMILES string of the molecule is C=CCNCc1c(Br)c(C)nn1C. The van der Waals surface area contributed by atoms with Crippen LogP contribution in [0.5, 0.6) is 0 Å². The van der Waals surface area contributed by atoms with E-state index in [-0.39, 0.29) is 0 Å². The number of aromatic nitrogens is 2. The zero-order valence-corrected chi connectivity index (χ0v) is 9.56. The molecule has 0 saturated carbocycles. The Morgan fingerprint density at radius 3 is 2.85 bits per heavy atom. The Morgan fingerprint density at radius 2 is 2.38 bits per heavy atom. The number of hydrogen-bond donors (Lipinski definition) is 1. The molecule has 13 heavy (non-hydrogen) atoms. The van der Waals surface area contributed by atoms with Gasteiger partial charge < -0.3 is 5.32 Å². The molecule has 0 aliphatic heterocycles. The maximum Gasteiger partial charge on any atom is 0.0739 e. The van der Waals surface area contributed by atoms with Crippen LogP contribution in [0.3, 0.4) is 0 Å². The van der Waals surface area contributed by atoms with Gasteiger partial charge >= 0.3 is 0 Å². The van der Waals surface area contributed by atoms with Gasteiger partial charge in [0.15, 0.2) is 0 Å². The van der Waals surface area contributed by atoms with Gasteiger partial charge in [-0.25, -0.2) is 0 Å². The van der Waals surface area contributed by atoms with E-state index >= 15 is 0 Å².